The van der Waals surface area contributed by atoms with Crippen molar-refractivity contribution < 1.29 is 36.7 Å². The van der Waals surface area contributed by atoms with E-state index in [9.17, 15) is 42.0 Å². The number of hydrogen-bond acceptors (Lipinski definition) is 8. The maximum atomic E-state index is 14.0. The van der Waals surface area contributed by atoms with Crippen LogP contribution in [0.15, 0.2) is 23.1 Å². The highest BCUT2D eigenvalue weighted by atomic mass is 35.5. The van der Waals surface area contributed by atoms with Crippen LogP contribution in [-0.2, 0) is 24.2 Å². The Bertz CT molecular complexity index is 1550. The number of carbonyl (C=O) groups is 3. The van der Waals surface area contributed by atoms with Crippen LogP contribution in [0.3, 0.4) is 0 Å². The summed E-state index contributed by atoms with van der Waals surface area (Å²) in [7, 11) is -4.36. The number of aliphatic carboxylic acids is 1. The molecule has 1 aromatic rings. The number of nitrogens with two attached hydrogens (primary N) is 1. The lowest BCUT2D eigenvalue weighted by atomic mass is 9.70. The zero-order valence-corrected chi connectivity index (χ0v) is 26.3. The Hall–Kier alpha value is -3.02. The van der Waals surface area contributed by atoms with Crippen LogP contribution in [0.5, 0.6) is 0 Å². The number of likely N-dealkylation sites (tertiary alicyclic amines) is 1. The van der Waals surface area contributed by atoms with Crippen molar-refractivity contribution in [1.29, 1.82) is 5.26 Å². The van der Waals surface area contributed by atoms with Crippen LogP contribution in [0.1, 0.15) is 40.0 Å². The summed E-state index contributed by atoms with van der Waals surface area (Å²) in [4.78, 5) is 43.7. The minimum Gasteiger partial charge on any atom is -0.481 e. The fourth-order valence-electron chi connectivity index (χ4n) is 7.36. The van der Waals surface area contributed by atoms with Crippen LogP contribution in [0, 0.1) is 34.0 Å². The molecule has 2 heterocycles. The number of rotatable bonds is 7. The minimum absolute atomic E-state index is 0.00863. The Balaban J connectivity index is 1.46. The van der Waals surface area contributed by atoms with E-state index >= 15 is 0 Å². The molecule has 5 atom stereocenters. The number of carboxylic acid groups (broad SMARTS) is 1. The normalized spacial score (nSPS) is 32.1. The number of sulfone groups is 1. The molecule has 0 radical (unpaired) electrons. The highest BCUT2D eigenvalue weighted by molar-refractivity contribution is 7.92. The third kappa shape index (κ3) is 5.10. The highest BCUT2D eigenvalue weighted by Gasteiger charge is 2.76. The van der Waals surface area contributed by atoms with Crippen molar-refractivity contribution >= 4 is 44.9 Å². The number of carbonyl (C=O) groups excluding carboxylic acids is 2. The van der Waals surface area contributed by atoms with E-state index in [4.69, 9.17) is 17.3 Å². The molecule has 4 aliphatic rings. The topological polar surface area (TPSA) is 165 Å². The summed E-state index contributed by atoms with van der Waals surface area (Å²) in [6, 6.07) is 6.30. The van der Waals surface area contributed by atoms with E-state index in [1.807, 2.05) is 0 Å². The molecule has 2 aliphatic heterocycles. The summed E-state index contributed by atoms with van der Waals surface area (Å²) in [5, 5.41) is 18.8. The molecule has 3 N–H and O–H groups in total. The van der Waals surface area contributed by atoms with Gasteiger partial charge in [-0.3, -0.25) is 19.3 Å². The van der Waals surface area contributed by atoms with Gasteiger partial charge >= 0.3 is 5.97 Å². The van der Waals surface area contributed by atoms with Crippen molar-refractivity contribution in [2.24, 2.45) is 28.4 Å². The van der Waals surface area contributed by atoms with E-state index in [2.05, 4.69) is 30.6 Å². The van der Waals surface area contributed by atoms with Crippen molar-refractivity contribution in [1.82, 2.24) is 9.80 Å². The zero-order chi connectivity index (χ0) is 32.6. The fourth-order valence-corrected chi connectivity index (χ4v) is 9.75. The van der Waals surface area contributed by atoms with Gasteiger partial charge in [0.05, 0.1) is 45.7 Å². The first-order chi connectivity index (χ1) is 20.3. The first-order valence-electron chi connectivity index (χ1n) is 14.4. The van der Waals surface area contributed by atoms with Gasteiger partial charge in [-0.25, -0.2) is 17.2 Å². The number of benzene rings is 1. The molecule has 2 saturated heterocycles. The lowest BCUT2D eigenvalue weighted by Gasteiger charge is -2.43. The second-order valence-corrected chi connectivity index (χ2v) is 16.1. The van der Waals surface area contributed by atoms with Gasteiger partial charge in [0.25, 0.3) is 5.92 Å². The lowest BCUT2D eigenvalue weighted by Crippen LogP contribution is -2.61. The van der Waals surface area contributed by atoms with Gasteiger partial charge in [-0.15, -0.1) is 0 Å². The van der Waals surface area contributed by atoms with Gasteiger partial charge in [-0.2, -0.15) is 5.26 Å². The number of halogens is 3. The number of piperazine rings is 1. The summed E-state index contributed by atoms with van der Waals surface area (Å²) in [5.74, 6) is -9.61. The molecule has 2 unspecified atom stereocenters. The van der Waals surface area contributed by atoms with Crippen LogP contribution in [0.2, 0.25) is 5.02 Å². The molecule has 2 aliphatic carbocycles. The van der Waals surface area contributed by atoms with E-state index < -0.39 is 87.4 Å². The number of primary amides is 1. The largest absolute Gasteiger partial charge is 0.481 e. The maximum absolute atomic E-state index is 14.0. The zero-order valence-electron chi connectivity index (χ0n) is 24.7. The quantitative estimate of drug-likeness (QED) is 0.449. The van der Waals surface area contributed by atoms with Gasteiger partial charge in [-0.05, 0) is 58.2 Å². The minimum atomic E-state index is -4.36. The number of anilines is 1. The molecule has 5 rings (SSSR count). The predicted octanol–water partition coefficient (Wildman–Crippen LogP) is 2.38. The summed E-state index contributed by atoms with van der Waals surface area (Å²) < 4.78 is 55.4. The number of hydrogen-bond donors (Lipinski definition) is 2. The van der Waals surface area contributed by atoms with Gasteiger partial charge in [0.2, 0.25) is 11.8 Å². The molecule has 2 saturated carbocycles. The fraction of sp³-hybridized carbons (Fsp3) is 0.655. The second kappa shape index (κ2) is 10.5. The van der Waals surface area contributed by atoms with E-state index in [1.54, 1.807) is 18.2 Å². The van der Waals surface area contributed by atoms with Crippen LogP contribution >= 0.6 is 11.6 Å². The molecule has 1 aromatic carbocycles. The smallest absolute Gasteiger partial charge is 0.310 e. The number of nitriles is 1. The van der Waals surface area contributed by atoms with Crippen LogP contribution in [-0.4, -0.2) is 97.1 Å². The van der Waals surface area contributed by atoms with Gasteiger partial charge < -0.3 is 20.6 Å². The Labute approximate surface area is 259 Å². The van der Waals surface area contributed by atoms with Crippen LogP contribution in [0.4, 0.5) is 14.5 Å². The first-order valence-corrected chi connectivity index (χ1v) is 16.4. The molecule has 11 nitrogen and oxygen atoms in total. The van der Waals surface area contributed by atoms with E-state index in [0.717, 1.165) is 23.7 Å². The average molecular weight is 656 g/mol. The molecule has 4 fully saturated rings. The summed E-state index contributed by atoms with van der Waals surface area (Å²) in [6.45, 7) is 7.54. The van der Waals surface area contributed by atoms with Gasteiger partial charge in [0, 0.05) is 43.3 Å². The van der Waals surface area contributed by atoms with Crippen molar-refractivity contribution in [3.63, 3.8) is 0 Å². The predicted molar refractivity (Wildman–Crippen MR) is 156 cm³/mol. The van der Waals surface area contributed by atoms with Crippen LogP contribution in [0.25, 0.3) is 0 Å². The van der Waals surface area contributed by atoms with E-state index in [0.29, 0.717) is 13.1 Å². The monoisotopic (exact) mass is 655 g/mol. The van der Waals surface area contributed by atoms with Crippen molar-refractivity contribution in [3.8, 4) is 6.07 Å². The first kappa shape index (κ1) is 32.4. The number of nitrogens with zero attached hydrogens (tertiary/aromatic N) is 4. The Kier molecular flexibility index (Phi) is 7.74. The van der Waals surface area contributed by atoms with E-state index in [-0.39, 0.29) is 21.9 Å². The molecule has 44 heavy (non-hydrogen) atoms. The molecule has 240 valence electrons. The van der Waals surface area contributed by atoms with Crippen LogP contribution < -0.4 is 10.6 Å². The summed E-state index contributed by atoms with van der Waals surface area (Å²) in [6.07, 6.45) is -1.39. The third-order valence-electron chi connectivity index (χ3n) is 10.0. The van der Waals surface area contributed by atoms with Gasteiger partial charge in [0.15, 0.2) is 9.84 Å². The highest BCUT2D eigenvalue weighted by Crippen LogP contribution is 2.68. The van der Waals surface area contributed by atoms with Crippen molar-refractivity contribution in [2.45, 2.75) is 61.6 Å². The third-order valence-corrected chi connectivity index (χ3v) is 12.6. The van der Waals surface area contributed by atoms with Gasteiger partial charge in [0.1, 0.15) is 5.41 Å². The number of carboxylic acids is 1. The van der Waals surface area contributed by atoms with E-state index in [1.165, 1.54) is 6.07 Å². The van der Waals surface area contributed by atoms with Crippen molar-refractivity contribution in [3.05, 3.63) is 23.2 Å². The average Bonchev–Trinajstić information content (AvgIpc) is 3.55. The van der Waals surface area contributed by atoms with Gasteiger partial charge in [-0.1, -0.05) is 11.6 Å². The molecule has 2 amide bonds. The SMILES string of the molecule is CC(C)(C)N1CCN(c2ccc(S(=O)(=O)[C@@H]3C[C@@H](C(=O)N4CC(F)(F)C4)[C@](C(=O)O)(C4CC4(C#N)C(N)=O)C3)c(Cl)c2)CC1. The van der Waals surface area contributed by atoms with Crippen molar-refractivity contribution in [2.75, 3.05) is 44.2 Å². The Morgan fingerprint density at radius 2 is 1.73 bits per heavy atom. The molecular weight excluding hydrogens is 620 g/mol. The Morgan fingerprint density at radius 1 is 1.11 bits per heavy atom. The lowest BCUT2D eigenvalue weighted by molar-refractivity contribution is -0.177. The molecular formula is C29H36ClF2N5O6S. The molecule has 0 spiro atoms. The number of alkyl halides is 2. The summed E-state index contributed by atoms with van der Waals surface area (Å²) >= 11 is 6.55. The molecule has 15 heteroatoms. The maximum Gasteiger partial charge on any atom is 0.310 e. The Morgan fingerprint density at radius 3 is 2.18 bits per heavy atom. The second-order valence-electron chi connectivity index (χ2n) is 13.5. The number of amides is 2. The standard InChI is InChI=1S/C29H36ClF2N5O6S/c1-26(2,3)37-8-6-35(7-9-37)17-4-5-21(20(30)10-17)44(42,43)18-11-19(23(38)36-15-28(31,32)16-36)29(12-18,25(40)41)22-13-27(22,14-33)24(34)39/h4-5,10,18-19,22H,6-9,11-13,15-16H2,1-3H3,(H2,34,39)(H,40,41)/t18-,19+,22?,27?,29+/m1/s1. The molecule has 0 bridgehead atoms. The molecule has 0 aromatic heterocycles. The summed E-state index contributed by atoms with van der Waals surface area (Å²) in [5.41, 5.74) is 2.09.